The standard InChI is InChI=1S/C23H25NO6/c1-28-18-6-4-16(5-7-18)22(26)24-10-8-15(9-11-24)12-17-13-19(29-2)14-20(25)21(17)23(27)30-3/h4-7,12-14,25H,8-11H2,1-3H3. The van der Waals surface area contributed by atoms with Crippen LogP contribution in [0.2, 0.25) is 0 Å². The monoisotopic (exact) mass is 411 g/mol. The minimum Gasteiger partial charge on any atom is -0.507 e. The van der Waals surface area contributed by atoms with Crippen molar-refractivity contribution in [3.63, 3.8) is 0 Å². The number of hydrogen-bond acceptors (Lipinski definition) is 6. The molecule has 0 atom stereocenters. The van der Waals surface area contributed by atoms with E-state index in [4.69, 9.17) is 14.2 Å². The maximum absolute atomic E-state index is 12.7. The third-order valence-electron chi connectivity index (χ3n) is 5.14. The summed E-state index contributed by atoms with van der Waals surface area (Å²) < 4.78 is 15.1. The lowest BCUT2D eigenvalue weighted by molar-refractivity contribution is 0.0597. The van der Waals surface area contributed by atoms with E-state index in [-0.39, 0.29) is 17.2 Å². The summed E-state index contributed by atoms with van der Waals surface area (Å²) >= 11 is 0. The number of phenolic OH excluding ortho intramolecular Hbond substituents is 1. The van der Waals surface area contributed by atoms with Crippen LogP contribution in [0.1, 0.15) is 39.1 Å². The third-order valence-corrected chi connectivity index (χ3v) is 5.14. The highest BCUT2D eigenvalue weighted by molar-refractivity contribution is 5.97. The Morgan fingerprint density at radius 2 is 1.60 bits per heavy atom. The summed E-state index contributed by atoms with van der Waals surface area (Å²) in [5.74, 6) is 0.317. The number of piperidine rings is 1. The minimum atomic E-state index is -0.617. The number of esters is 1. The van der Waals surface area contributed by atoms with Crippen LogP contribution in [0.15, 0.2) is 42.0 Å². The Balaban J connectivity index is 1.76. The van der Waals surface area contributed by atoms with Crippen LogP contribution in [-0.4, -0.2) is 56.3 Å². The van der Waals surface area contributed by atoms with Gasteiger partial charge in [0.15, 0.2) is 0 Å². The second-order valence-electron chi connectivity index (χ2n) is 6.93. The smallest absolute Gasteiger partial charge is 0.342 e. The van der Waals surface area contributed by atoms with Crippen LogP contribution in [0.25, 0.3) is 6.08 Å². The van der Waals surface area contributed by atoms with Gasteiger partial charge in [-0.1, -0.05) is 11.6 Å². The largest absolute Gasteiger partial charge is 0.507 e. The van der Waals surface area contributed by atoms with Gasteiger partial charge in [-0.2, -0.15) is 0 Å². The van der Waals surface area contributed by atoms with Gasteiger partial charge < -0.3 is 24.2 Å². The van der Waals surface area contributed by atoms with Crippen molar-refractivity contribution >= 4 is 18.0 Å². The first-order chi connectivity index (χ1) is 14.5. The van der Waals surface area contributed by atoms with Gasteiger partial charge in [0, 0.05) is 24.7 Å². The van der Waals surface area contributed by atoms with Crippen LogP contribution < -0.4 is 9.47 Å². The van der Waals surface area contributed by atoms with Crippen LogP contribution in [0.4, 0.5) is 0 Å². The molecule has 1 aliphatic heterocycles. The van der Waals surface area contributed by atoms with Crippen molar-refractivity contribution in [2.75, 3.05) is 34.4 Å². The zero-order chi connectivity index (χ0) is 21.7. The lowest BCUT2D eigenvalue weighted by atomic mass is 9.97. The number of amides is 1. The number of carbonyl (C=O) groups is 2. The highest BCUT2D eigenvalue weighted by Gasteiger charge is 2.22. The van der Waals surface area contributed by atoms with Crippen LogP contribution in [-0.2, 0) is 4.74 Å². The molecule has 0 unspecified atom stereocenters. The quantitative estimate of drug-likeness (QED) is 0.758. The number of benzene rings is 2. The molecule has 158 valence electrons. The van der Waals surface area contributed by atoms with E-state index in [2.05, 4.69) is 0 Å². The molecule has 0 bridgehead atoms. The molecule has 0 saturated carbocycles. The summed E-state index contributed by atoms with van der Waals surface area (Å²) in [5, 5.41) is 10.2. The lowest BCUT2D eigenvalue weighted by Crippen LogP contribution is -2.36. The van der Waals surface area contributed by atoms with Crippen LogP contribution in [0.3, 0.4) is 0 Å². The predicted molar refractivity (Wildman–Crippen MR) is 112 cm³/mol. The molecular weight excluding hydrogens is 386 g/mol. The Bertz CT molecular complexity index is 954. The molecule has 1 N–H and O–H groups in total. The summed E-state index contributed by atoms with van der Waals surface area (Å²) in [7, 11) is 4.35. The Morgan fingerprint density at radius 1 is 0.967 bits per heavy atom. The van der Waals surface area contributed by atoms with Crippen molar-refractivity contribution in [1.82, 2.24) is 4.90 Å². The SMILES string of the molecule is COC(=O)c1c(O)cc(OC)cc1C=C1CCN(C(=O)c2ccc(OC)cc2)CC1. The van der Waals surface area contributed by atoms with Crippen molar-refractivity contribution in [3.05, 3.63) is 58.7 Å². The molecule has 0 spiro atoms. The van der Waals surface area contributed by atoms with E-state index in [1.807, 2.05) is 11.0 Å². The second-order valence-corrected chi connectivity index (χ2v) is 6.93. The van der Waals surface area contributed by atoms with Crippen molar-refractivity contribution in [1.29, 1.82) is 0 Å². The van der Waals surface area contributed by atoms with E-state index in [1.54, 1.807) is 37.4 Å². The number of likely N-dealkylation sites (tertiary alicyclic amines) is 1. The number of aromatic hydroxyl groups is 1. The van der Waals surface area contributed by atoms with Gasteiger partial charge in [-0.15, -0.1) is 0 Å². The first kappa shape index (κ1) is 21.2. The van der Waals surface area contributed by atoms with Gasteiger partial charge in [0.1, 0.15) is 22.8 Å². The average Bonchev–Trinajstić information content (AvgIpc) is 2.78. The average molecular weight is 411 g/mol. The molecule has 0 aromatic heterocycles. The van der Waals surface area contributed by atoms with Gasteiger partial charge in [0.2, 0.25) is 0 Å². The number of methoxy groups -OCH3 is 3. The number of hydrogen-bond donors (Lipinski definition) is 1. The zero-order valence-corrected chi connectivity index (χ0v) is 17.3. The Labute approximate surface area is 175 Å². The predicted octanol–water partition coefficient (Wildman–Crippen LogP) is 3.52. The molecule has 1 aliphatic rings. The van der Waals surface area contributed by atoms with Crippen LogP contribution in [0, 0.1) is 0 Å². The van der Waals surface area contributed by atoms with Crippen molar-refractivity contribution < 1.29 is 28.9 Å². The molecule has 1 amide bonds. The Kier molecular flexibility index (Phi) is 6.61. The lowest BCUT2D eigenvalue weighted by Gasteiger charge is -2.29. The highest BCUT2D eigenvalue weighted by Crippen LogP contribution is 2.31. The minimum absolute atomic E-state index is 0.0222. The zero-order valence-electron chi connectivity index (χ0n) is 17.3. The topological polar surface area (TPSA) is 85.3 Å². The molecule has 7 nitrogen and oxygen atoms in total. The molecule has 0 radical (unpaired) electrons. The molecule has 1 heterocycles. The second kappa shape index (κ2) is 9.35. The van der Waals surface area contributed by atoms with Gasteiger partial charge in [0.25, 0.3) is 5.91 Å². The van der Waals surface area contributed by atoms with E-state index in [1.165, 1.54) is 20.3 Å². The molecular formula is C23H25NO6. The molecule has 2 aromatic rings. The van der Waals surface area contributed by atoms with Gasteiger partial charge >= 0.3 is 5.97 Å². The van der Waals surface area contributed by atoms with Gasteiger partial charge in [-0.05, 0) is 48.7 Å². The van der Waals surface area contributed by atoms with Gasteiger partial charge in [-0.3, -0.25) is 4.79 Å². The number of nitrogens with zero attached hydrogens (tertiary/aromatic N) is 1. The summed E-state index contributed by atoms with van der Waals surface area (Å²) in [6, 6.07) is 10.1. The fourth-order valence-electron chi connectivity index (χ4n) is 3.46. The van der Waals surface area contributed by atoms with Crippen LogP contribution in [0.5, 0.6) is 17.2 Å². The first-order valence-electron chi connectivity index (χ1n) is 9.59. The maximum Gasteiger partial charge on any atom is 0.342 e. The van der Waals surface area contributed by atoms with Gasteiger partial charge in [0.05, 0.1) is 21.3 Å². The van der Waals surface area contributed by atoms with Crippen molar-refractivity contribution in [2.45, 2.75) is 12.8 Å². The number of rotatable bonds is 5. The molecule has 1 saturated heterocycles. The fourth-order valence-corrected chi connectivity index (χ4v) is 3.46. The third kappa shape index (κ3) is 4.56. The first-order valence-corrected chi connectivity index (χ1v) is 9.59. The van der Waals surface area contributed by atoms with E-state index < -0.39 is 5.97 Å². The molecule has 1 fully saturated rings. The number of ether oxygens (including phenoxy) is 3. The summed E-state index contributed by atoms with van der Waals surface area (Å²) in [6.45, 7) is 1.14. The number of phenols is 1. The summed E-state index contributed by atoms with van der Waals surface area (Å²) in [5.41, 5.74) is 2.33. The normalized spacial score (nSPS) is 13.6. The highest BCUT2D eigenvalue weighted by atomic mass is 16.5. The summed E-state index contributed by atoms with van der Waals surface area (Å²) in [4.78, 5) is 26.7. The molecule has 3 rings (SSSR count). The van der Waals surface area contributed by atoms with Crippen molar-refractivity contribution in [2.24, 2.45) is 0 Å². The summed E-state index contributed by atoms with van der Waals surface area (Å²) in [6.07, 6.45) is 3.20. The molecule has 30 heavy (non-hydrogen) atoms. The number of carbonyl (C=O) groups excluding carboxylic acids is 2. The van der Waals surface area contributed by atoms with Crippen LogP contribution >= 0.6 is 0 Å². The fraction of sp³-hybridized carbons (Fsp3) is 0.304. The van der Waals surface area contributed by atoms with Crippen molar-refractivity contribution in [3.8, 4) is 17.2 Å². The molecule has 0 aliphatic carbocycles. The van der Waals surface area contributed by atoms with E-state index >= 15 is 0 Å². The molecule has 2 aromatic carbocycles. The molecule has 7 heteroatoms. The Morgan fingerprint density at radius 3 is 2.17 bits per heavy atom. The van der Waals surface area contributed by atoms with E-state index in [0.717, 1.165) is 5.57 Å². The maximum atomic E-state index is 12.7. The van der Waals surface area contributed by atoms with E-state index in [0.29, 0.717) is 48.6 Å². The van der Waals surface area contributed by atoms with Gasteiger partial charge in [-0.25, -0.2) is 4.79 Å². The van der Waals surface area contributed by atoms with E-state index in [9.17, 15) is 14.7 Å². The Hall–Kier alpha value is -3.48.